The molecule has 5 nitrogen and oxygen atoms in total. The third kappa shape index (κ3) is 2.51. The van der Waals surface area contributed by atoms with E-state index in [0.29, 0.717) is 0 Å². The fraction of sp³-hybridized carbons (Fsp3) is 0. The molecular weight excluding hydrogens is 318 g/mol. The molecule has 0 spiro atoms. The number of Topliss-reactive ketones (excluding diaryl/α,β-unsaturated/α-hetero) is 2. The number of para-hydroxylation sites is 1. The minimum Gasteiger partial charge on any atom is -0.545 e. The van der Waals surface area contributed by atoms with Crippen LogP contribution in [-0.4, -0.2) is 17.5 Å². The van der Waals surface area contributed by atoms with Gasteiger partial charge in [-0.05, 0) is 6.07 Å². The molecule has 0 heterocycles. The van der Waals surface area contributed by atoms with Crippen LogP contribution in [0.1, 0.15) is 31.1 Å². The summed E-state index contributed by atoms with van der Waals surface area (Å²) in [5, 5.41) is 13.5. The first kappa shape index (κ1) is 15.0. The Kier molecular flexibility index (Phi) is 3.72. The van der Waals surface area contributed by atoms with Crippen molar-refractivity contribution in [1.82, 2.24) is 0 Å². The van der Waals surface area contributed by atoms with E-state index in [1.807, 2.05) is 0 Å². The predicted octanol–water partition coefficient (Wildman–Crippen LogP) is 1.99. The minimum absolute atomic E-state index is 0.126. The Bertz CT molecular complexity index is 886. The number of hydrogen-bond acceptors (Lipinski definition) is 5. The third-order valence-electron chi connectivity index (χ3n) is 3.47. The summed E-state index contributed by atoms with van der Waals surface area (Å²) >= 11 is 6.02. The predicted molar refractivity (Wildman–Crippen MR) is 82.4 cm³/mol. The molecule has 0 unspecified atom stereocenters. The molecule has 23 heavy (non-hydrogen) atoms. The average Bonchev–Trinajstić information content (AvgIpc) is 2.57. The van der Waals surface area contributed by atoms with Crippen LogP contribution in [-0.2, 0) is 0 Å². The highest BCUT2D eigenvalue weighted by Crippen LogP contribution is 2.30. The Morgan fingerprint density at radius 2 is 1.48 bits per heavy atom. The molecule has 6 heteroatoms. The smallest absolute Gasteiger partial charge is 0.211 e. The van der Waals surface area contributed by atoms with Crippen LogP contribution in [0.25, 0.3) is 0 Å². The van der Waals surface area contributed by atoms with Crippen LogP contribution >= 0.6 is 11.6 Å². The highest BCUT2D eigenvalue weighted by atomic mass is 35.5. The first-order chi connectivity index (χ1) is 11.0. The molecule has 2 aromatic carbocycles. The zero-order valence-corrected chi connectivity index (χ0v) is 12.4. The second-order valence-corrected chi connectivity index (χ2v) is 5.23. The van der Waals surface area contributed by atoms with Crippen molar-refractivity contribution < 1.29 is 19.5 Å². The molecule has 0 radical (unpaired) electrons. The summed E-state index contributed by atoms with van der Waals surface area (Å²) in [4.78, 5) is 35.9. The van der Waals surface area contributed by atoms with Crippen molar-refractivity contribution in [2.45, 2.75) is 0 Å². The SMILES string of the molecule is O=C([O-])c1ccccc1NC1=C(Cl)C(=O)c2ccccc2C1=O. The number of benzene rings is 2. The van der Waals surface area contributed by atoms with Gasteiger partial charge in [-0.25, -0.2) is 0 Å². The molecule has 3 rings (SSSR count). The van der Waals surface area contributed by atoms with Crippen molar-refractivity contribution in [2.75, 3.05) is 5.32 Å². The number of nitrogens with one attached hydrogen (secondary N) is 1. The molecule has 0 saturated heterocycles. The van der Waals surface area contributed by atoms with Crippen molar-refractivity contribution in [3.8, 4) is 0 Å². The number of allylic oxidation sites excluding steroid dienone is 2. The summed E-state index contributed by atoms with van der Waals surface area (Å²) in [6, 6.07) is 12.2. The van der Waals surface area contributed by atoms with E-state index in [9.17, 15) is 19.5 Å². The van der Waals surface area contributed by atoms with Crippen LogP contribution in [0, 0.1) is 0 Å². The van der Waals surface area contributed by atoms with Gasteiger partial charge in [0, 0.05) is 22.4 Å². The topological polar surface area (TPSA) is 86.3 Å². The Labute approximate surface area is 136 Å². The number of anilines is 1. The van der Waals surface area contributed by atoms with Crippen LogP contribution < -0.4 is 10.4 Å². The molecule has 0 atom stereocenters. The third-order valence-corrected chi connectivity index (χ3v) is 3.83. The Morgan fingerprint density at radius 1 is 0.913 bits per heavy atom. The van der Waals surface area contributed by atoms with Gasteiger partial charge in [0.2, 0.25) is 11.6 Å². The maximum atomic E-state index is 12.5. The first-order valence-electron chi connectivity index (χ1n) is 6.66. The van der Waals surface area contributed by atoms with Gasteiger partial charge < -0.3 is 15.2 Å². The summed E-state index contributed by atoms with van der Waals surface area (Å²) in [6.45, 7) is 0. The lowest BCUT2D eigenvalue weighted by atomic mass is 9.92. The molecule has 2 aromatic rings. The molecule has 0 fully saturated rings. The highest BCUT2D eigenvalue weighted by Gasteiger charge is 2.31. The lowest BCUT2D eigenvalue weighted by molar-refractivity contribution is -0.254. The number of aromatic carboxylic acids is 1. The van der Waals surface area contributed by atoms with Gasteiger partial charge in [0.15, 0.2) is 0 Å². The molecule has 1 N–H and O–H groups in total. The quantitative estimate of drug-likeness (QED) is 0.932. The molecule has 0 bridgehead atoms. The highest BCUT2D eigenvalue weighted by molar-refractivity contribution is 6.50. The maximum Gasteiger partial charge on any atom is 0.211 e. The van der Waals surface area contributed by atoms with E-state index in [1.54, 1.807) is 18.2 Å². The van der Waals surface area contributed by atoms with E-state index < -0.39 is 17.5 Å². The Hall–Kier alpha value is -2.92. The zero-order chi connectivity index (χ0) is 16.6. The van der Waals surface area contributed by atoms with Gasteiger partial charge >= 0.3 is 0 Å². The fourth-order valence-corrected chi connectivity index (χ4v) is 2.60. The summed E-state index contributed by atoms with van der Waals surface area (Å²) in [6.07, 6.45) is 0. The van der Waals surface area contributed by atoms with E-state index in [1.165, 1.54) is 30.3 Å². The van der Waals surface area contributed by atoms with Crippen molar-refractivity contribution in [3.05, 3.63) is 76.0 Å². The molecule has 0 saturated carbocycles. The van der Waals surface area contributed by atoms with E-state index in [4.69, 9.17) is 11.6 Å². The number of ketones is 2. The number of carboxylic acid groups (broad SMARTS) is 1. The number of carboxylic acids is 1. The number of carbonyl (C=O) groups excluding carboxylic acids is 3. The fourth-order valence-electron chi connectivity index (χ4n) is 2.36. The Morgan fingerprint density at radius 3 is 2.13 bits per heavy atom. The standard InChI is InChI=1S/C17H10ClNO4/c18-13-14(19-12-8-4-3-7-11(12)17(22)23)16(21)10-6-2-1-5-9(10)15(13)20/h1-8,19H,(H,22,23)/p-1. The van der Waals surface area contributed by atoms with Gasteiger partial charge in [-0.2, -0.15) is 0 Å². The monoisotopic (exact) mass is 326 g/mol. The minimum atomic E-state index is -1.40. The second-order valence-electron chi connectivity index (χ2n) is 4.85. The molecule has 0 amide bonds. The van der Waals surface area contributed by atoms with Crippen LogP contribution in [0.4, 0.5) is 5.69 Å². The molecule has 0 aromatic heterocycles. The largest absolute Gasteiger partial charge is 0.545 e. The number of hydrogen-bond donors (Lipinski definition) is 1. The molecule has 114 valence electrons. The van der Waals surface area contributed by atoms with Gasteiger partial charge in [-0.15, -0.1) is 0 Å². The van der Waals surface area contributed by atoms with Gasteiger partial charge in [-0.3, -0.25) is 9.59 Å². The van der Waals surface area contributed by atoms with E-state index in [2.05, 4.69) is 5.32 Å². The summed E-state index contributed by atoms with van der Waals surface area (Å²) in [5.74, 6) is -2.37. The van der Waals surface area contributed by atoms with Crippen molar-refractivity contribution in [3.63, 3.8) is 0 Å². The lowest BCUT2D eigenvalue weighted by Gasteiger charge is -2.20. The van der Waals surface area contributed by atoms with Crippen LogP contribution in [0.15, 0.2) is 59.3 Å². The van der Waals surface area contributed by atoms with Gasteiger partial charge in [-0.1, -0.05) is 54.1 Å². The molecular formula is C17H9ClNO4-. The number of halogens is 1. The van der Waals surface area contributed by atoms with Crippen molar-refractivity contribution in [2.24, 2.45) is 0 Å². The van der Waals surface area contributed by atoms with Crippen LogP contribution in [0.2, 0.25) is 0 Å². The Balaban J connectivity index is 2.08. The van der Waals surface area contributed by atoms with Crippen molar-refractivity contribution >= 4 is 34.8 Å². The van der Waals surface area contributed by atoms with Gasteiger partial charge in [0.25, 0.3) is 0 Å². The number of fused-ring (bicyclic) bond motifs is 1. The number of carbonyl (C=O) groups is 3. The molecule has 0 aliphatic heterocycles. The normalized spacial score (nSPS) is 13.8. The number of rotatable bonds is 3. The molecule has 1 aliphatic carbocycles. The van der Waals surface area contributed by atoms with E-state index >= 15 is 0 Å². The summed E-state index contributed by atoms with van der Waals surface area (Å²) in [7, 11) is 0. The summed E-state index contributed by atoms with van der Waals surface area (Å²) < 4.78 is 0. The van der Waals surface area contributed by atoms with E-state index in [0.717, 1.165) is 0 Å². The van der Waals surface area contributed by atoms with Gasteiger partial charge in [0.05, 0.1) is 5.97 Å². The zero-order valence-electron chi connectivity index (χ0n) is 11.6. The summed E-state index contributed by atoms with van der Waals surface area (Å²) in [5.41, 5.74) is 0.283. The molecule has 1 aliphatic rings. The average molecular weight is 327 g/mol. The second kappa shape index (κ2) is 5.70. The van der Waals surface area contributed by atoms with Crippen LogP contribution in [0.5, 0.6) is 0 Å². The van der Waals surface area contributed by atoms with E-state index in [-0.39, 0.29) is 33.1 Å². The van der Waals surface area contributed by atoms with Crippen molar-refractivity contribution in [1.29, 1.82) is 0 Å². The lowest BCUT2D eigenvalue weighted by Crippen LogP contribution is -2.27. The van der Waals surface area contributed by atoms with Gasteiger partial charge in [0.1, 0.15) is 10.7 Å². The maximum absolute atomic E-state index is 12.5. The first-order valence-corrected chi connectivity index (χ1v) is 7.04. The van der Waals surface area contributed by atoms with Crippen LogP contribution in [0.3, 0.4) is 0 Å².